The third-order valence-corrected chi connectivity index (χ3v) is 3.11. The zero-order chi connectivity index (χ0) is 13.1. The van der Waals surface area contributed by atoms with Crippen LogP contribution in [0.2, 0.25) is 0 Å². The number of rotatable bonds is 6. The standard InChI is InChI=1S/C13H19N3O2/c1-9(2)11-7-12(15-8-14-11)16(10-3-4-10)6-5-13(17)18/h7-10H,3-6H2,1-2H3,(H,17,18). The van der Waals surface area contributed by atoms with Crippen LogP contribution in [0, 0.1) is 0 Å². The predicted molar refractivity (Wildman–Crippen MR) is 68.7 cm³/mol. The second kappa shape index (κ2) is 5.33. The van der Waals surface area contributed by atoms with Crippen molar-refractivity contribution in [3.8, 4) is 0 Å². The smallest absolute Gasteiger partial charge is 0.305 e. The number of anilines is 1. The van der Waals surface area contributed by atoms with E-state index in [-0.39, 0.29) is 6.42 Å². The molecular formula is C13H19N3O2. The Morgan fingerprint density at radius 1 is 1.50 bits per heavy atom. The number of carbonyl (C=O) groups is 1. The van der Waals surface area contributed by atoms with E-state index in [1.165, 1.54) is 0 Å². The summed E-state index contributed by atoms with van der Waals surface area (Å²) in [6, 6.07) is 2.43. The molecule has 0 aromatic carbocycles. The third kappa shape index (κ3) is 3.18. The average Bonchev–Trinajstić information content (AvgIpc) is 3.14. The molecule has 1 aliphatic rings. The summed E-state index contributed by atoms with van der Waals surface area (Å²) < 4.78 is 0. The molecule has 1 N–H and O–H groups in total. The van der Waals surface area contributed by atoms with Gasteiger partial charge in [-0.3, -0.25) is 4.79 Å². The monoisotopic (exact) mass is 249 g/mol. The Kier molecular flexibility index (Phi) is 3.79. The van der Waals surface area contributed by atoms with Crippen LogP contribution >= 0.6 is 0 Å². The van der Waals surface area contributed by atoms with E-state index in [9.17, 15) is 4.79 Å². The van der Waals surface area contributed by atoms with Crippen molar-refractivity contribution in [2.24, 2.45) is 0 Å². The first-order valence-electron chi connectivity index (χ1n) is 6.38. The number of aliphatic carboxylic acids is 1. The van der Waals surface area contributed by atoms with E-state index in [0.717, 1.165) is 24.4 Å². The van der Waals surface area contributed by atoms with Crippen LogP contribution in [0.25, 0.3) is 0 Å². The molecule has 0 radical (unpaired) electrons. The second-order valence-corrected chi connectivity index (χ2v) is 5.02. The molecule has 1 aliphatic carbocycles. The minimum absolute atomic E-state index is 0.150. The summed E-state index contributed by atoms with van der Waals surface area (Å²) in [7, 11) is 0. The SMILES string of the molecule is CC(C)c1cc(N(CCC(=O)O)C2CC2)ncn1. The van der Waals surface area contributed by atoms with E-state index in [4.69, 9.17) is 5.11 Å². The van der Waals surface area contributed by atoms with Crippen LogP contribution in [-0.4, -0.2) is 33.6 Å². The minimum atomic E-state index is -0.765. The van der Waals surface area contributed by atoms with Gasteiger partial charge in [0.15, 0.2) is 0 Å². The van der Waals surface area contributed by atoms with Gasteiger partial charge in [0, 0.05) is 24.3 Å². The first kappa shape index (κ1) is 12.8. The molecule has 1 fully saturated rings. The molecule has 1 saturated carbocycles. The summed E-state index contributed by atoms with van der Waals surface area (Å²) >= 11 is 0. The molecule has 98 valence electrons. The largest absolute Gasteiger partial charge is 0.481 e. The van der Waals surface area contributed by atoms with Crippen molar-refractivity contribution in [1.29, 1.82) is 0 Å². The zero-order valence-corrected chi connectivity index (χ0v) is 10.8. The van der Waals surface area contributed by atoms with E-state index in [2.05, 4.69) is 28.7 Å². The fraction of sp³-hybridized carbons (Fsp3) is 0.615. The predicted octanol–water partition coefficient (Wildman–Crippen LogP) is 2.04. The van der Waals surface area contributed by atoms with Gasteiger partial charge in [0.2, 0.25) is 0 Å². The first-order valence-corrected chi connectivity index (χ1v) is 6.38. The number of aromatic nitrogens is 2. The van der Waals surface area contributed by atoms with Gasteiger partial charge in [-0.15, -0.1) is 0 Å². The highest BCUT2D eigenvalue weighted by Gasteiger charge is 2.30. The molecular weight excluding hydrogens is 230 g/mol. The van der Waals surface area contributed by atoms with E-state index in [0.29, 0.717) is 18.5 Å². The highest BCUT2D eigenvalue weighted by molar-refractivity contribution is 5.67. The lowest BCUT2D eigenvalue weighted by molar-refractivity contribution is -0.136. The van der Waals surface area contributed by atoms with Crippen molar-refractivity contribution >= 4 is 11.8 Å². The Hall–Kier alpha value is -1.65. The summed E-state index contributed by atoms with van der Waals surface area (Å²) in [5.74, 6) is 0.448. The molecule has 1 aromatic rings. The first-order chi connectivity index (χ1) is 8.58. The highest BCUT2D eigenvalue weighted by atomic mass is 16.4. The third-order valence-electron chi connectivity index (χ3n) is 3.11. The van der Waals surface area contributed by atoms with E-state index < -0.39 is 5.97 Å². The second-order valence-electron chi connectivity index (χ2n) is 5.02. The van der Waals surface area contributed by atoms with Crippen molar-refractivity contribution in [1.82, 2.24) is 9.97 Å². The zero-order valence-electron chi connectivity index (χ0n) is 10.8. The van der Waals surface area contributed by atoms with Gasteiger partial charge in [0.1, 0.15) is 12.1 Å². The van der Waals surface area contributed by atoms with Crippen LogP contribution in [0.15, 0.2) is 12.4 Å². The fourth-order valence-electron chi connectivity index (χ4n) is 1.92. The van der Waals surface area contributed by atoms with Crippen molar-refractivity contribution in [2.75, 3.05) is 11.4 Å². The average molecular weight is 249 g/mol. The summed E-state index contributed by atoms with van der Waals surface area (Å²) in [6.45, 7) is 4.70. The Morgan fingerprint density at radius 2 is 2.22 bits per heavy atom. The molecule has 5 heteroatoms. The molecule has 0 aliphatic heterocycles. The summed E-state index contributed by atoms with van der Waals surface area (Å²) in [4.78, 5) is 21.3. The maximum Gasteiger partial charge on any atom is 0.305 e. The Morgan fingerprint density at radius 3 is 2.78 bits per heavy atom. The van der Waals surface area contributed by atoms with Crippen molar-refractivity contribution in [3.05, 3.63) is 18.1 Å². The highest BCUT2D eigenvalue weighted by Crippen LogP contribution is 2.31. The quantitative estimate of drug-likeness (QED) is 0.835. The number of carboxylic acid groups (broad SMARTS) is 1. The van der Waals surface area contributed by atoms with E-state index >= 15 is 0 Å². The summed E-state index contributed by atoms with van der Waals surface area (Å²) in [5, 5.41) is 8.79. The lowest BCUT2D eigenvalue weighted by Gasteiger charge is -2.23. The molecule has 18 heavy (non-hydrogen) atoms. The molecule has 1 heterocycles. The van der Waals surface area contributed by atoms with Crippen LogP contribution in [0.3, 0.4) is 0 Å². The molecule has 0 spiro atoms. The Bertz CT molecular complexity index is 430. The van der Waals surface area contributed by atoms with E-state index in [1.807, 2.05) is 6.07 Å². The summed E-state index contributed by atoms with van der Waals surface area (Å²) in [5.41, 5.74) is 1.00. The van der Waals surface area contributed by atoms with Crippen molar-refractivity contribution in [3.63, 3.8) is 0 Å². The van der Waals surface area contributed by atoms with Gasteiger partial charge in [-0.1, -0.05) is 13.8 Å². The van der Waals surface area contributed by atoms with Crippen LogP contribution in [0.1, 0.15) is 44.7 Å². The molecule has 1 aromatic heterocycles. The molecule has 0 atom stereocenters. The topological polar surface area (TPSA) is 66.3 Å². The molecule has 0 unspecified atom stereocenters. The van der Waals surface area contributed by atoms with Crippen LogP contribution < -0.4 is 4.90 Å². The minimum Gasteiger partial charge on any atom is -0.481 e. The van der Waals surface area contributed by atoms with Gasteiger partial charge < -0.3 is 10.0 Å². The molecule has 0 saturated heterocycles. The van der Waals surface area contributed by atoms with Crippen LogP contribution in [0.5, 0.6) is 0 Å². The van der Waals surface area contributed by atoms with Gasteiger partial charge >= 0.3 is 5.97 Å². The van der Waals surface area contributed by atoms with Crippen molar-refractivity contribution in [2.45, 2.75) is 45.1 Å². The van der Waals surface area contributed by atoms with Gasteiger partial charge in [-0.25, -0.2) is 9.97 Å². The van der Waals surface area contributed by atoms with Gasteiger partial charge in [-0.05, 0) is 18.8 Å². The lowest BCUT2D eigenvalue weighted by Crippen LogP contribution is -2.29. The van der Waals surface area contributed by atoms with Gasteiger partial charge in [0.25, 0.3) is 0 Å². The van der Waals surface area contributed by atoms with E-state index in [1.54, 1.807) is 6.33 Å². The van der Waals surface area contributed by atoms with Crippen molar-refractivity contribution < 1.29 is 9.90 Å². The number of hydrogen-bond acceptors (Lipinski definition) is 4. The Balaban J connectivity index is 2.14. The normalized spacial score (nSPS) is 14.8. The molecule has 0 bridgehead atoms. The summed E-state index contributed by atoms with van der Waals surface area (Å²) in [6.07, 6.45) is 3.97. The number of carboxylic acids is 1. The van der Waals surface area contributed by atoms with Crippen LogP contribution in [0.4, 0.5) is 5.82 Å². The van der Waals surface area contributed by atoms with Gasteiger partial charge in [0.05, 0.1) is 6.42 Å². The Labute approximate surface area is 107 Å². The fourth-order valence-corrected chi connectivity index (χ4v) is 1.92. The number of nitrogens with zero attached hydrogens (tertiary/aromatic N) is 3. The maximum atomic E-state index is 10.7. The number of hydrogen-bond donors (Lipinski definition) is 1. The molecule has 0 amide bonds. The molecule has 5 nitrogen and oxygen atoms in total. The molecule has 2 rings (SSSR count). The maximum absolute atomic E-state index is 10.7. The van der Waals surface area contributed by atoms with Crippen LogP contribution in [-0.2, 0) is 4.79 Å². The van der Waals surface area contributed by atoms with Gasteiger partial charge in [-0.2, -0.15) is 0 Å². The lowest BCUT2D eigenvalue weighted by atomic mass is 10.1.